The van der Waals surface area contributed by atoms with E-state index in [4.69, 9.17) is 4.42 Å². The summed E-state index contributed by atoms with van der Waals surface area (Å²) in [4.78, 5) is 11.4. The Morgan fingerprint density at radius 1 is 0.900 bits per heavy atom. The predicted molar refractivity (Wildman–Crippen MR) is 82.6 cm³/mol. The maximum atomic E-state index is 11.4. The second kappa shape index (κ2) is 5.17. The molecule has 0 spiro atoms. The van der Waals surface area contributed by atoms with Crippen LogP contribution in [-0.4, -0.2) is 0 Å². The molecule has 98 valence electrons. The van der Waals surface area contributed by atoms with Crippen LogP contribution in [0, 0.1) is 6.92 Å². The summed E-state index contributed by atoms with van der Waals surface area (Å²) in [5.74, 6) is 0. The molecule has 2 heteroatoms. The van der Waals surface area contributed by atoms with Crippen molar-refractivity contribution in [1.82, 2.24) is 0 Å². The molecule has 0 N–H and O–H groups in total. The van der Waals surface area contributed by atoms with Crippen LogP contribution in [0.25, 0.3) is 23.1 Å². The van der Waals surface area contributed by atoms with Crippen LogP contribution in [0.4, 0.5) is 0 Å². The molecule has 0 aliphatic heterocycles. The van der Waals surface area contributed by atoms with Crippen molar-refractivity contribution in [1.29, 1.82) is 0 Å². The van der Waals surface area contributed by atoms with Crippen LogP contribution >= 0.6 is 0 Å². The topological polar surface area (TPSA) is 30.2 Å². The van der Waals surface area contributed by atoms with Crippen molar-refractivity contribution >= 4 is 23.1 Å². The van der Waals surface area contributed by atoms with Crippen LogP contribution < -0.4 is 5.63 Å². The molecule has 0 unspecified atom stereocenters. The first kappa shape index (κ1) is 12.4. The van der Waals surface area contributed by atoms with Gasteiger partial charge in [0.1, 0.15) is 5.58 Å². The Morgan fingerprint density at radius 2 is 1.70 bits per heavy atom. The third-order valence-corrected chi connectivity index (χ3v) is 3.21. The van der Waals surface area contributed by atoms with Crippen molar-refractivity contribution in [3.05, 3.63) is 81.7 Å². The zero-order valence-corrected chi connectivity index (χ0v) is 11.2. The normalized spacial score (nSPS) is 11.2. The molecule has 0 saturated heterocycles. The fraction of sp³-hybridized carbons (Fsp3) is 0.0556. The van der Waals surface area contributed by atoms with Crippen molar-refractivity contribution in [2.45, 2.75) is 6.92 Å². The number of hydrogen-bond donors (Lipinski definition) is 0. The van der Waals surface area contributed by atoms with Gasteiger partial charge in [0, 0.05) is 17.0 Å². The second-order valence-electron chi connectivity index (χ2n) is 4.76. The van der Waals surface area contributed by atoms with Gasteiger partial charge in [-0.25, -0.2) is 4.79 Å². The van der Waals surface area contributed by atoms with Crippen LogP contribution in [-0.2, 0) is 0 Å². The van der Waals surface area contributed by atoms with E-state index >= 15 is 0 Å². The molecule has 20 heavy (non-hydrogen) atoms. The number of aryl methyl sites for hydroxylation is 1. The highest BCUT2D eigenvalue weighted by Crippen LogP contribution is 2.19. The third-order valence-electron chi connectivity index (χ3n) is 3.21. The number of rotatable bonds is 2. The molecular formula is C18H14O2. The molecule has 2 nitrogen and oxygen atoms in total. The molecule has 0 aliphatic carbocycles. The SMILES string of the molecule is Cc1ccc(/C=C/c2cccc3ccc(=O)oc23)cc1. The van der Waals surface area contributed by atoms with Gasteiger partial charge < -0.3 is 4.42 Å². The maximum absolute atomic E-state index is 11.4. The van der Waals surface area contributed by atoms with Gasteiger partial charge in [-0.1, -0.05) is 60.2 Å². The van der Waals surface area contributed by atoms with Crippen LogP contribution in [0.1, 0.15) is 16.7 Å². The quantitative estimate of drug-likeness (QED) is 0.510. The van der Waals surface area contributed by atoms with E-state index in [1.807, 2.05) is 30.4 Å². The van der Waals surface area contributed by atoms with Crippen LogP contribution in [0.3, 0.4) is 0 Å². The minimum absolute atomic E-state index is 0.325. The Labute approximate surface area is 117 Å². The molecule has 0 radical (unpaired) electrons. The summed E-state index contributed by atoms with van der Waals surface area (Å²) >= 11 is 0. The standard InChI is InChI=1S/C18H14O2/c1-13-5-7-14(8-6-13)9-10-15-3-2-4-16-11-12-17(19)20-18(15)16/h2-12H,1H3/b10-9+. The Balaban J connectivity index is 2.04. The summed E-state index contributed by atoms with van der Waals surface area (Å²) in [5, 5.41) is 0.927. The Kier molecular flexibility index (Phi) is 3.21. The summed E-state index contributed by atoms with van der Waals surface area (Å²) in [6.45, 7) is 2.06. The van der Waals surface area contributed by atoms with Crippen LogP contribution in [0.15, 0.2) is 63.8 Å². The lowest BCUT2D eigenvalue weighted by Crippen LogP contribution is -1.95. The van der Waals surface area contributed by atoms with Gasteiger partial charge in [-0.15, -0.1) is 0 Å². The highest BCUT2D eigenvalue weighted by atomic mass is 16.4. The van der Waals surface area contributed by atoms with E-state index in [2.05, 4.69) is 31.2 Å². The van der Waals surface area contributed by atoms with Crippen molar-refractivity contribution < 1.29 is 4.42 Å². The van der Waals surface area contributed by atoms with E-state index in [0.717, 1.165) is 16.5 Å². The lowest BCUT2D eigenvalue weighted by Gasteiger charge is -2.00. The summed E-state index contributed by atoms with van der Waals surface area (Å²) in [6, 6.07) is 17.3. The Bertz CT molecular complexity index is 824. The Hall–Kier alpha value is -2.61. The molecule has 0 atom stereocenters. The maximum Gasteiger partial charge on any atom is 0.336 e. The van der Waals surface area contributed by atoms with E-state index in [-0.39, 0.29) is 5.63 Å². The average molecular weight is 262 g/mol. The van der Waals surface area contributed by atoms with Gasteiger partial charge in [0.05, 0.1) is 0 Å². The smallest absolute Gasteiger partial charge is 0.336 e. The van der Waals surface area contributed by atoms with Crippen LogP contribution in [0.5, 0.6) is 0 Å². The van der Waals surface area contributed by atoms with E-state index in [0.29, 0.717) is 5.58 Å². The van der Waals surface area contributed by atoms with Gasteiger partial charge in [-0.3, -0.25) is 0 Å². The van der Waals surface area contributed by atoms with E-state index in [9.17, 15) is 4.79 Å². The zero-order valence-electron chi connectivity index (χ0n) is 11.2. The van der Waals surface area contributed by atoms with Gasteiger partial charge in [-0.2, -0.15) is 0 Å². The first-order valence-electron chi connectivity index (χ1n) is 6.50. The summed E-state index contributed by atoms with van der Waals surface area (Å²) in [7, 11) is 0. The minimum Gasteiger partial charge on any atom is -0.422 e. The summed E-state index contributed by atoms with van der Waals surface area (Å²) in [5.41, 5.74) is 3.56. The van der Waals surface area contributed by atoms with E-state index in [1.54, 1.807) is 6.07 Å². The Morgan fingerprint density at radius 3 is 2.50 bits per heavy atom. The number of hydrogen-bond acceptors (Lipinski definition) is 2. The van der Waals surface area contributed by atoms with Gasteiger partial charge in [0.2, 0.25) is 0 Å². The third kappa shape index (κ3) is 2.54. The van der Waals surface area contributed by atoms with Crippen molar-refractivity contribution in [2.75, 3.05) is 0 Å². The van der Waals surface area contributed by atoms with Crippen molar-refractivity contribution in [2.24, 2.45) is 0 Å². The van der Waals surface area contributed by atoms with E-state index in [1.165, 1.54) is 11.6 Å². The molecule has 2 aromatic carbocycles. The van der Waals surface area contributed by atoms with Crippen LogP contribution in [0.2, 0.25) is 0 Å². The van der Waals surface area contributed by atoms with Crippen molar-refractivity contribution in [3.63, 3.8) is 0 Å². The highest BCUT2D eigenvalue weighted by molar-refractivity contribution is 5.88. The molecule has 3 aromatic rings. The number of para-hydroxylation sites is 1. The lowest BCUT2D eigenvalue weighted by molar-refractivity contribution is 0.560. The largest absolute Gasteiger partial charge is 0.422 e. The second-order valence-corrected chi connectivity index (χ2v) is 4.76. The number of benzene rings is 2. The lowest BCUT2D eigenvalue weighted by atomic mass is 10.1. The molecule has 0 saturated carbocycles. The molecule has 1 heterocycles. The van der Waals surface area contributed by atoms with E-state index < -0.39 is 0 Å². The van der Waals surface area contributed by atoms with Gasteiger partial charge in [0.25, 0.3) is 0 Å². The van der Waals surface area contributed by atoms with Gasteiger partial charge in [0.15, 0.2) is 0 Å². The highest BCUT2D eigenvalue weighted by Gasteiger charge is 2.01. The summed E-state index contributed by atoms with van der Waals surface area (Å²) in [6.07, 6.45) is 3.98. The number of fused-ring (bicyclic) bond motifs is 1. The monoisotopic (exact) mass is 262 g/mol. The molecule has 0 fully saturated rings. The molecule has 1 aromatic heterocycles. The molecule has 0 aliphatic rings. The molecule has 3 rings (SSSR count). The first-order chi connectivity index (χ1) is 9.72. The van der Waals surface area contributed by atoms with Gasteiger partial charge >= 0.3 is 5.63 Å². The predicted octanol–water partition coefficient (Wildman–Crippen LogP) is 4.27. The molecule has 0 bridgehead atoms. The fourth-order valence-corrected chi connectivity index (χ4v) is 2.11. The minimum atomic E-state index is -0.325. The van der Waals surface area contributed by atoms with Crippen molar-refractivity contribution in [3.8, 4) is 0 Å². The van der Waals surface area contributed by atoms with Gasteiger partial charge in [-0.05, 0) is 18.6 Å². The molecule has 0 amide bonds. The summed E-state index contributed by atoms with van der Waals surface area (Å²) < 4.78 is 5.29. The zero-order chi connectivity index (χ0) is 13.9. The fourth-order valence-electron chi connectivity index (χ4n) is 2.11. The molecular weight excluding hydrogens is 248 g/mol. The average Bonchev–Trinajstić information content (AvgIpc) is 2.47. The first-order valence-corrected chi connectivity index (χ1v) is 6.50.